The minimum atomic E-state index is -0.471. The van der Waals surface area contributed by atoms with Gasteiger partial charge in [-0.2, -0.15) is 0 Å². The second-order valence-electron chi connectivity index (χ2n) is 8.58. The SMILES string of the molecule is C[C@@H](Nc1nnc(-c2ccc(-c3ccccc3)c(=O)[nH]2)o1)C(=O)N1CCC2(CC1)CC2. The van der Waals surface area contributed by atoms with Crippen LogP contribution in [-0.4, -0.2) is 45.1 Å². The number of likely N-dealkylation sites (tertiary alicyclic amines) is 1. The number of benzene rings is 1. The maximum absolute atomic E-state index is 12.8. The fourth-order valence-corrected chi connectivity index (χ4v) is 4.23. The molecule has 1 saturated heterocycles. The molecular weight excluding hydrogens is 394 g/mol. The van der Waals surface area contributed by atoms with Crippen molar-refractivity contribution in [1.82, 2.24) is 20.1 Å². The van der Waals surface area contributed by atoms with E-state index in [-0.39, 0.29) is 23.4 Å². The number of amides is 1. The van der Waals surface area contributed by atoms with Crippen LogP contribution in [0.3, 0.4) is 0 Å². The first-order chi connectivity index (χ1) is 15.0. The summed E-state index contributed by atoms with van der Waals surface area (Å²) in [4.78, 5) is 30.0. The van der Waals surface area contributed by atoms with Crippen molar-refractivity contribution in [2.75, 3.05) is 18.4 Å². The molecule has 1 amide bonds. The molecule has 2 N–H and O–H groups in total. The van der Waals surface area contributed by atoms with Crippen LogP contribution in [0.4, 0.5) is 6.01 Å². The van der Waals surface area contributed by atoms with Crippen LogP contribution in [0, 0.1) is 5.41 Å². The lowest BCUT2D eigenvalue weighted by molar-refractivity contribution is -0.133. The van der Waals surface area contributed by atoms with Crippen molar-refractivity contribution in [2.24, 2.45) is 5.41 Å². The molecule has 8 nitrogen and oxygen atoms in total. The van der Waals surface area contributed by atoms with E-state index in [0.29, 0.717) is 16.7 Å². The lowest BCUT2D eigenvalue weighted by atomic mass is 9.93. The Morgan fingerprint density at radius 1 is 1.10 bits per heavy atom. The maximum Gasteiger partial charge on any atom is 0.316 e. The molecule has 2 aliphatic rings. The van der Waals surface area contributed by atoms with Crippen LogP contribution in [-0.2, 0) is 4.79 Å². The summed E-state index contributed by atoms with van der Waals surface area (Å²) < 4.78 is 5.65. The van der Waals surface area contributed by atoms with E-state index < -0.39 is 6.04 Å². The highest BCUT2D eigenvalue weighted by atomic mass is 16.4. The van der Waals surface area contributed by atoms with Crippen molar-refractivity contribution in [3.05, 3.63) is 52.8 Å². The molecule has 1 aliphatic carbocycles. The van der Waals surface area contributed by atoms with E-state index in [0.717, 1.165) is 31.5 Å². The van der Waals surface area contributed by atoms with Gasteiger partial charge < -0.3 is 19.6 Å². The van der Waals surface area contributed by atoms with Gasteiger partial charge in [0.2, 0.25) is 5.91 Å². The number of nitrogens with one attached hydrogen (secondary N) is 2. The molecule has 1 atom stereocenters. The first-order valence-electron chi connectivity index (χ1n) is 10.7. The van der Waals surface area contributed by atoms with Crippen molar-refractivity contribution in [1.29, 1.82) is 0 Å². The molecule has 1 saturated carbocycles. The molecule has 2 aromatic heterocycles. The van der Waals surface area contributed by atoms with Gasteiger partial charge in [0.15, 0.2) is 0 Å². The summed E-state index contributed by atoms with van der Waals surface area (Å²) >= 11 is 0. The van der Waals surface area contributed by atoms with Crippen LogP contribution in [0.2, 0.25) is 0 Å². The van der Waals surface area contributed by atoms with Gasteiger partial charge in [0.05, 0.1) is 0 Å². The van der Waals surface area contributed by atoms with Crippen LogP contribution in [0.1, 0.15) is 32.6 Å². The van der Waals surface area contributed by atoms with Crippen molar-refractivity contribution < 1.29 is 9.21 Å². The Kier molecular flexibility index (Phi) is 4.84. The molecule has 0 unspecified atom stereocenters. The summed E-state index contributed by atoms with van der Waals surface area (Å²) in [6.07, 6.45) is 4.81. The second-order valence-corrected chi connectivity index (χ2v) is 8.58. The van der Waals surface area contributed by atoms with Gasteiger partial charge in [-0.25, -0.2) is 0 Å². The molecule has 0 radical (unpaired) electrons. The van der Waals surface area contributed by atoms with E-state index >= 15 is 0 Å². The Bertz CT molecular complexity index is 1140. The van der Waals surface area contributed by atoms with Crippen LogP contribution < -0.4 is 10.9 Å². The Hall–Kier alpha value is -3.42. The van der Waals surface area contributed by atoms with Gasteiger partial charge in [0, 0.05) is 18.7 Å². The third-order valence-electron chi connectivity index (χ3n) is 6.45. The number of H-pyrrole nitrogens is 1. The minimum Gasteiger partial charge on any atom is -0.402 e. The Morgan fingerprint density at radius 2 is 1.84 bits per heavy atom. The van der Waals surface area contributed by atoms with Crippen LogP contribution in [0.5, 0.6) is 0 Å². The fraction of sp³-hybridized carbons (Fsp3) is 0.391. The zero-order valence-corrected chi connectivity index (χ0v) is 17.4. The monoisotopic (exact) mass is 419 g/mol. The Balaban J connectivity index is 1.25. The smallest absolute Gasteiger partial charge is 0.316 e. The first kappa shape index (κ1) is 19.5. The zero-order chi connectivity index (χ0) is 21.4. The summed E-state index contributed by atoms with van der Waals surface area (Å²) in [6, 6.07) is 12.6. The van der Waals surface area contributed by atoms with Crippen molar-refractivity contribution >= 4 is 11.9 Å². The van der Waals surface area contributed by atoms with E-state index in [4.69, 9.17) is 4.42 Å². The highest BCUT2D eigenvalue weighted by Gasteiger charge is 2.45. The molecule has 0 bridgehead atoms. The number of rotatable bonds is 5. The predicted octanol–water partition coefficient (Wildman–Crippen LogP) is 3.29. The van der Waals surface area contributed by atoms with E-state index in [9.17, 15) is 9.59 Å². The topological polar surface area (TPSA) is 104 Å². The summed E-state index contributed by atoms with van der Waals surface area (Å²) in [5.41, 5.74) is 2.12. The summed E-state index contributed by atoms with van der Waals surface area (Å²) in [6.45, 7) is 3.42. The second kappa shape index (κ2) is 7.68. The molecule has 3 aromatic rings. The van der Waals surface area contributed by atoms with Gasteiger partial charge in [-0.1, -0.05) is 35.4 Å². The number of hydrogen-bond donors (Lipinski definition) is 2. The minimum absolute atomic E-state index is 0.0378. The van der Waals surface area contributed by atoms with Gasteiger partial charge in [-0.15, -0.1) is 5.10 Å². The molecule has 31 heavy (non-hydrogen) atoms. The quantitative estimate of drug-likeness (QED) is 0.658. The number of carbonyl (C=O) groups is 1. The molecule has 8 heteroatoms. The molecule has 1 aromatic carbocycles. The van der Waals surface area contributed by atoms with Gasteiger partial charge >= 0.3 is 6.01 Å². The number of anilines is 1. The lowest BCUT2D eigenvalue weighted by Gasteiger charge is -2.33. The summed E-state index contributed by atoms with van der Waals surface area (Å²) in [5, 5.41) is 11.0. The van der Waals surface area contributed by atoms with Gasteiger partial charge in [0.1, 0.15) is 11.7 Å². The van der Waals surface area contributed by atoms with Crippen molar-refractivity contribution in [3.63, 3.8) is 0 Å². The van der Waals surface area contributed by atoms with E-state index in [1.54, 1.807) is 19.1 Å². The fourth-order valence-electron chi connectivity index (χ4n) is 4.23. The third-order valence-corrected chi connectivity index (χ3v) is 6.45. The standard InChI is InChI=1S/C23H25N5O3/c1-15(21(30)28-13-11-23(9-10-23)12-14-28)24-22-27-26-20(31-22)18-8-7-17(19(29)25-18)16-5-3-2-4-6-16/h2-8,15H,9-14H2,1H3,(H,24,27)(H,25,29)/t15-/m1/s1. The Labute approximate surface area is 179 Å². The number of carbonyl (C=O) groups excluding carboxylic acids is 1. The van der Waals surface area contributed by atoms with E-state index in [1.807, 2.05) is 35.2 Å². The summed E-state index contributed by atoms with van der Waals surface area (Å²) in [5.74, 6) is 0.225. The number of aromatic nitrogens is 3. The first-order valence-corrected chi connectivity index (χ1v) is 10.7. The molecule has 160 valence electrons. The van der Waals surface area contributed by atoms with E-state index in [1.165, 1.54) is 12.8 Å². The molecule has 3 heterocycles. The average molecular weight is 419 g/mol. The lowest BCUT2D eigenvalue weighted by Crippen LogP contribution is -2.45. The summed E-state index contributed by atoms with van der Waals surface area (Å²) in [7, 11) is 0. The van der Waals surface area contributed by atoms with Crippen LogP contribution >= 0.6 is 0 Å². The third kappa shape index (κ3) is 3.97. The van der Waals surface area contributed by atoms with Crippen LogP contribution in [0.25, 0.3) is 22.7 Å². The van der Waals surface area contributed by atoms with Gasteiger partial charge in [0.25, 0.3) is 11.4 Å². The largest absolute Gasteiger partial charge is 0.402 e. The molecular formula is C23H25N5O3. The number of nitrogens with zero attached hydrogens (tertiary/aromatic N) is 3. The number of aromatic amines is 1. The molecule has 2 fully saturated rings. The molecule has 1 aliphatic heterocycles. The maximum atomic E-state index is 12.8. The number of piperidine rings is 1. The highest BCUT2D eigenvalue weighted by molar-refractivity contribution is 5.83. The normalized spacial score (nSPS) is 18.0. The molecule has 1 spiro atoms. The predicted molar refractivity (Wildman–Crippen MR) is 116 cm³/mol. The highest BCUT2D eigenvalue weighted by Crippen LogP contribution is 2.53. The zero-order valence-electron chi connectivity index (χ0n) is 17.4. The van der Waals surface area contributed by atoms with Crippen LogP contribution in [0.15, 0.2) is 51.7 Å². The average Bonchev–Trinajstić information content (AvgIpc) is 3.38. The van der Waals surface area contributed by atoms with E-state index in [2.05, 4.69) is 20.5 Å². The molecule has 5 rings (SSSR count). The number of hydrogen-bond acceptors (Lipinski definition) is 6. The van der Waals surface area contributed by atoms with Crippen molar-refractivity contribution in [3.8, 4) is 22.7 Å². The number of pyridine rings is 1. The van der Waals surface area contributed by atoms with Gasteiger partial charge in [-0.05, 0) is 55.7 Å². The Morgan fingerprint density at radius 3 is 2.52 bits per heavy atom. The van der Waals surface area contributed by atoms with Gasteiger partial charge in [-0.3, -0.25) is 9.59 Å². The van der Waals surface area contributed by atoms with Crippen molar-refractivity contribution in [2.45, 2.75) is 38.6 Å².